The van der Waals surface area contributed by atoms with E-state index in [9.17, 15) is 4.79 Å². The van der Waals surface area contributed by atoms with Crippen LogP contribution < -0.4 is 0 Å². The molecule has 0 aromatic rings. The van der Waals surface area contributed by atoms with Gasteiger partial charge in [-0.3, -0.25) is 4.79 Å². The van der Waals surface area contributed by atoms with Crippen LogP contribution in [0.25, 0.3) is 0 Å². The standard InChI is InChI=1S/C18H32O/c1-5-15-10-12-16(13-11-15)8-7-9-17(6-2)18(19)14(3)4/h15-17H,3,5-13H2,1-2,4H3/t15?,16?,17-/m1/s1. The molecule has 0 unspecified atom stereocenters. The topological polar surface area (TPSA) is 17.1 Å². The number of Topliss-reactive ketones (excluding diaryl/α,β-unsaturated/α-hetero) is 1. The van der Waals surface area contributed by atoms with Crippen LogP contribution >= 0.6 is 0 Å². The second-order valence-corrected chi connectivity index (χ2v) is 6.48. The molecule has 110 valence electrons. The van der Waals surface area contributed by atoms with Crippen molar-refractivity contribution in [2.24, 2.45) is 17.8 Å². The normalized spacial score (nSPS) is 25.0. The fourth-order valence-electron chi connectivity index (χ4n) is 3.45. The van der Waals surface area contributed by atoms with Crippen LogP contribution in [0.3, 0.4) is 0 Å². The highest BCUT2D eigenvalue weighted by Gasteiger charge is 2.21. The molecule has 19 heavy (non-hydrogen) atoms. The van der Waals surface area contributed by atoms with Crippen LogP contribution in [0, 0.1) is 17.8 Å². The third kappa shape index (κ3) is 5.50. The molecular weight excluding hydrogens is 232 g/mol. The van der Waals surface area contributed by atoms with Crippen LogP contribution in [0.5, 0.6) is 0 Å². The van der Waals surface area contributed by atoms with Crippen LogP contribution in [-0.4, -0.2) is 5.78 Å². The molecule has 1 nitrogen and oxygen atoms in total. The van der Waals surface area contributed by atoms with Gasteiger partial charge in [-0.1, -0.05) is 65.4 Å². The Morgan fingerprint density at radius 1 is 1.16 bits per heavy atom. The first-order valence-corrected chi connectivity index (χ1v) is 8.28. The maximum absolute atomic E-state index is 11.9. The van der Waals surface area contributed by atoms with Crippen molar-refractivity contribution in [1.82, 2.24) is 0 Å². The van der Waals surface area contributed by atoms with Crippen LogP contribution in [0.2, 0.25) is 0 Å². The van der Waals surface area contributed by atoms with Crippen molar-refractivity contribution in [1.29, 1.82) is 0 Å². The lowest BCUT2D eigenvalue weighted by atomic mass is 9.78. The average molecular weight is 264 g/mol. The molecular formula is C18H32O. The van der Waals surface area contributed by atoms with E-state index < -0.39 is 0 Å². The van der Waals surface area contributed by atoms with E-state index in [0.717, 1.165) is 30.3 Å². The van der Waals surface area contributed by atoms with Gasteiger partial charge in [-0.25, -0.2) is 0 Å². The molecule has 0 aromatic carbocycles. The Morgan fingerprint density at radius 2 is 1.74 bits per heavy atom. The number of rotatable bonds is 8. The lowest BCUT2D eigenvalue weighted by Gasteiger charge is -2.28. The van der Waals surface area contributed by atoms with Gasteiger partial charge >= 0.3 is 0 Å². The zero-order valence-electron chi connectivity index (χ0n) is 13.2. The average Bonchev–Trinajstić information content (AvgIpc) is 2.43. The number of ketones is 1. The van der Waals surface area contributed by atoms with E-state index in [-0.39, 0.29) is 11.7 Å². The summed E-state index contributed by atoms with van der Waals surface area (Å²) in [6, 6.07) is 0. The second kappa shape index (κ2) is 8.55. The summed E-state index contributed by atoms with van der Waals surface area (Å²) in [6.45, 7) is 10.1. The van der Waals surface area contributed by atoms with Crippen LogP contribution in [0.4, 0.5) is 0 Å². The van der Waals surface area contributed by atoms with Gasteiger partial charge in [0.05, 0.1) is 0 Å². The monoisotopic (exact) mass is 264 g/mol. The van der Waals surface area contributed by atoms with E-state index in [4.69, 9.17) is 0 Å². The molecule has 0 aromatic heterocycles. The maximum Gasteiger partial charge on any atom is 0.161 e. The van der Waals surface area contributed by atoms with Gasteiger partial charge in [-0.15, -0.1) is 0 Å². The van der Waals surface area contributed by atoms with Crippen molar-refractivity contribution >= 4 is 5.78 Å². The molecule has 1 aliphatic rings. The highest BCUT2D eigenvalue weighted by atomic mass is 16.1. The first-order chi connectivity index (χ1) is 9.08. The molecule has 1 saturated carbocycles. The van der Waals surface area contributed by atoms with Gasteiger partial charge in [0.25, 0.3) is 0 Å². The first kappa shape index (κ1) is 16.5. The molecule has 0 heterocycles. The molecule has 0 aliphatic heterocycles. The Balaban J connectivity index is 2.22. The Morgan fingerprint density at radius 3 is 2.21 bits per heavy atom. The van der Waals surface area contributed by atoms with Gasteiger partial charge in [0.1, 0.15) is 0 Å². The summed E-state index contributed by atoms with van der Waals surface area (Å²) in [6.07, 6.45) is 11.6. The van der Waals surface area contributed by atoms with Gasteiger partial charge < -0.3 is 0 Å². The summed E-state index contributed by atoms with van der Waals surface area (Å²) in [7, 11) is 0. The van der Waals surface area contributed by atoms with Gasteiger partial charge in [-0.05, 0) is 37.2 Å². The van der Waals surface area contributed by atoms with Crippen molar-refractivity contribution in [3.63, 3.8) is 0 Å². The SMILES string of the molecule is C=C(C)C(=O)[C@H](CC)CCCC1CCC(CC)CC1. The molecule has 1 atom stereocenters. The van der Waals surface area contributed by atoms with E-state index in [1.54, 1.807) is 0 Å². The Hall–Kier alpha value is -0.590. The molecule has 0 radical (unpaired) electrons. The first-order valence-electron chi connectivity index (χ1n) is 8.28. The Labute approximate surface area is 119 Å². The lowest BCUT2D eigenvalue weighted by molar-refractivity contribution is -0.119. The van der Waals surface area contributed by atoms with E-state index in [0.29, 0.717) is 0 Å². The van der Waals surface area contributed by atoms with Gasteiger partial charge in [0, 0.05) is 5.92 Å². The van der Waals surface area contributed by atoms with E-state index in [1.807, 2.05) is 6.92 Å². The zero-order valence-corrected chi connectivity index (χ0v) is 13.2. The summed E-state index contributed by atoms with van der Waals surface area (Å²) in [4.78, 5) is 11.9. The predicted molar refractivity (Wildman–Crippen MR) is 83.2 cm³/mol. The lowest BCUT2D eigenvalue weighted by Crippen LogP contribution is -2.16. The van der Waals surface area contributed by atoms with Crippen LogP contribution in [-0.2, 0) is 4.79 Å². The molecule has 1 heteroatoms. The fraction of sp³-hybridized carbons (Fsp3) is 0.833. The van der Waals surface area contributed by atoms with Crippen molar-refractivity contribution in [2.75, 3.05) is 0 Å². The quantitative estimate of drug-likeness (QED) is 0.526. The molecule has 0 N–H and O–H groups in total. The Bertz CT molecular complexity index is 284. The number of allylic oxidation sites excluding steroid dienone is 1. The zero-order chi connectivity index (χ0) is 14.3. The molecule has 1 rings (SSSR count). The minimum atomic E-state index is 0.226. The second-order valence-electron chi connectivity index (χ2n) is 6.48. The van der Waals surface area contributed by atoms with Gasteiger partial charge in [0.2, 0.25) is 0 Å². The van der Waals surface area contributed by atoms with E-state index in [1.165, 1.54) is 44.9 Å². The number of hydrogen-bond acceptors (Lipinski definition) is 1. The fourth-order valence-corrected chi connectivity index (χ4v) is 3.45. The number of carbonyl (C=O) groups excluding carboxylic acids is 1. The third-order valence-corrected chi connectivity index (χ3v) is 4.99. The summed E-state index contributed by atoms with van der Waals surface area (Å²) in [5.41, 5.74) is 0.732. The summed E-state index contributed by atoms with van der Waals surface area (Å²) >= 11 is 0. The molecule has 1 fully saturated rings. The largest absolute Gasteiger partial charge is 0.294 e. The number of carbonyl (C=O) groups is 1. The third-order valence-electron chi connectivity index (χ3n) is 4.99. The summed E-state index contributed by atoms with van der Waals surface area (Å²) < 4.78 is 0. The van der Waals surface area contributed by atoms with Crippen LogP contribution in [0.1, 0.15) is 78.6 Å². The van der Waals surface area contributed by atoms with Crippen LogP contribution in [0.15, 0.2) is 12.2 Å². The number of hydrogen-bond donors (Lipinski definition) is 0. The van der Waals surface area contributed by atoms with E-state index in [2.05, 4.69) is 20.4 Å². The predicted octanol–water partition coefficient (Wildman–Crippen LogP) is 5.54. The minimum absolute atomic E-state index is 0.226. The van der Waals surface area contributed by atoms with Gasteiger partial charge in [0.15, 0.2) is 5.78 Å². The maximum atomic E-state index is 11.9. The van der Waals surface area contributed by atoms with E-state index >= 15 is 0 Å². The summed E-state index contributed by atoms with van der Waals surface area (Å²) in [5, 5.41) is 0. The molecule has 1 aliphatic carbocycles. The molecule has 0 saturated heterocycles. The highest BCUT2D eigenvalue weighted by Crippen LogP contribution is 2.33. The smallest absolute Gasteiger partial charge is 0.161 e. The Kier molecular flexibility index (Phi) is 7.41. The van der Waals surface area contributed by atoms with Crippen molar-refractivity contribution in [3.05, 3.63) is 12.2 Å². The van der Waals surface area contributed by atoms with Gasteiger partial charge in [-0.2, -0.15) is 0 Å². The molecule has 0 spiro atoms. The van der Waals surface area contributed by atoms with Crippen molar-refractivity contribution < 1.29 is 4.79 Å². The molecule has 0 amide bonds. The molecule has 0 bridgehead atoms. The van der Waals surface area contributed by atoms with Crippen molar-refractivity contribution in [2.45, 2.75) is 78.6 Å². The summed E-state index contributed by atoms with van der Waals surface area (Å²) in [5.74, 6) is 2.44. The van der Waals surface area contributed by atoms with Crippen molar-refractivity contribution in [3.8, 4) is 0 Å². The minimum Gasteiger partial charge on any atom is -0.294 e. The highest BCUT2D eigenvalue weighted by molar-refractivity contribution is 5.95.